The number of carbonyl (C=O) groups is 1. The number of rotatable bonds is 8. The van der Waals surface area contributed by atoms with Crippen LogP contribution in [0.1, 0.15) is 31.0 Å². The maximum Gasteiger partial charge on any atom is 0.224 e. The van der Waals surface area contributed by atoms with Gasteiger partial charge in [-0.15, -0.1) is 0 Å². The Labute approximate surface area is 148 Å². The molecule has 0 spiro atoms. The molecule has 5 heteroatoms. The van der Waals surface area contributed by atoms with Gasteiger partial charge in [0.25, 0.3) is 0 Å². The van der Waals surface area contributed by atoms with E-state index in [0.717, 1.165) is 28.4 Å². The second-order valence-corrected chi connectivity index (χ2v) is 5.65. The van der Waals surface area contributed by atoms with E-state index in [2.05, 4.69) is 5.32 Å². The Morgan fingerprint density at radius 1 is 1.04 bits per heavy atom. The molecule has 25 heavy (non-hydrogen) atoms. The summed E-state index contributed by atoms with van der Waals surface area (Å²) in [6.45, 7) is 4.49. The third-order valence-electron chi connectivity index (χ3n) is 3.88. The van der Waals surface area contributed by atoms with Gasteiger partial charge in [-0.2, -0.15) is 0 Å². The molecule has 0 saturated heterocycles. The van der Waals surface area contributed by atoms with E-state index in [4.69, 9.17) is 14.2 Å². The number of nitrogens with one attached hydrogen (secondary N) is 1. The van der Waals surface area contributed by atoms with Gasteiger partial charge in [0.05, 0.1) is 33.3 Å². The Hall–Kier alpha value is -2.69. The molecule has 1 amide bonds. The molecule has 134 valence electrons. The first-order valence-corrected chi connectivity index (χ1v) is 8.30. The van der Waals surface area contributed by atoms with Gasteiger partial charge >= 0.3 is 0 Å². The maximum atomic E-state index is 12.3. The summed E-state index contributed by atoms with van der Waals surface area (Å²) in [5.41, 5.74) is 1.81. The van der Waals surface area contributed by atoms with Gasteiger partial charge in [-0.3, -0.25) is 4.79 Å². The van der Waals surface area contributed by atoms with Crippen molar-refractivity contribution in [2.75, 3.05) is 20.8 Å². The summed E-state index contributed by atoms with van der Waals surface area (Å²) >= 11 is 0. The van der Waals surface area contributed by atoms with Crippen molar-refractivity contribution in [2.24, 2.45) is 0 Å². The second-order valence-electron chi connectivity index (χ2n) is 5.65. The molecule has 5 nitrogen and oxygen atoms in total. The fourth-order valence-corrected chi connectivity index (χ4v) is 2.60. The zero-order valence-corrected chi connectivity index (χ0v) is 15.2. The van der Waals surface area contributed by atoms with Crippen molar-refractivity contribution in [1.29, 1.82) is 0 Å². The van der Waals surface area contributed by atoms with Gasteiger partial charge in [-0.25, -0.2) is 0 Å². The van der Waals surface area contributed by atoms with Gasteiger partial charge < -0.3 is 19.5 Å². The molecule has 2 aromatic rings. The van der Waals surface area contributed by atoms with Crippen molar-refractivity contribution >= 4 is 5.91 Å². The van der Waals surface area contributed by atoms with Crippen LogP contribution in [0.5, 0.6) is 17.2 Å². The zero-order chi connectivity index (χ0) is 18.2. The lowest BCUT2D eigenvalue weighted by atomic mass is 10.1. The van der Waals surface area contributed by atoms with Gasteiger partial charge in [-0.1, -0.05) is 12.1 Å². The Kier molecular flexibility index (Phi) is 6.69. The molecule has 1 unspecified atom stereocenters. The molecule has 0 aliphatic heterocycles. The summed E-state index contributed by atoms with van der Waals surface area (Å²) in [4.78, 5) is 12.3. The molecule has 0 aromatic heterocycles. The standard InChI is InChI=1S/C20H25NO4/c1-5-25-16-8-6-15(7-9-16)12-20(22)21-14(2)18-13-17(23-3)10-11-19(18)24-4/h6-11,13-14H,5,12H2,1-4H3,(H,21,22). The summed E-state index contributed by atoms with van der Waals surface area (Å²) in [5.74, 6) is 2.20. The molecule has 0 saturated carbocycles. The van der Waals surface area contributed by atoms with Crippen LogP contribution in [-0.2, 0) is 11.2 Å². The smallest absolute Gasteiger partial charge is 0.224 e. The van der Waals surface area contributed by atoms with Crippen molar-refractivity contribution < 1.29 is 19.0 Å². The molecule has 1 N–H and O–H groups in total. The van der Waals surface area contributed by atoms with Crippen LogP contribution in [0.3, 0.4) is 0 Å². The van der Waals surface area contributed by atoms with E-state index in [-0.39, 0.29) is 11.9 Å². The lowest BCUT2D eigenvalue weighted by Crippen LogP contribution is -2.28. The van der Waals surface area contributed by atoms with Crippen LogP contribution in [0.2, 0.25) is 0 Å². The van der Waals surface area contributed by atoms with Crippen molar-refractivity contribution in [1.82, 2.24) is 5.32 Å². The van der Waals surface area contributed by atoms with Crippen LogP contribution in [0.15, 0.2) is 42.5 Å². The highest BCUT2D eigenvalue weighted by atomic mass is 16.5. The number of amides is 1. The average Bonchev–Trinajstić information content (AvgIpc) is 2.62. The van der Waals surface area contributed by atoms with Crippen molar-refractivity contribution in [2.45, 2.75) is 26.3 Å². The largest absolute Gasteiger partial charge is 0.497 e. The van der Waals surface area contributed by atoms with E-state index in [0.29, 0.717) is 13.0 Å². The summed E-state index contributed by atoms with van der Waals surface area (Å²) in [6.07, 6.45) is 0.309. The predicted molar refractivity (Wildman–Crippen MR) is 97.4 cm³/mol. The highest BCUT2D eigenvalue weighted by Crippen LogP contribution is 2.29. The van der Waals surface area contributed by atoms with Gasteiger partial charge in [0.15, 0.2) is 0 Å². The molecular weight excluding hydrogens is 318 g/mol. The first-order chi connectivity index (χ1) is 12.1. The fraction of sp³-hybridized carbons (Fsp3) is 0.350. The minimum Gasteiger partial charge on any atom is -0.497 e. The minimum atomic E-state index is -0.194. The first-order valence-electron chi connectivity index (χ1n) is 8.30. The SMILES string of the molecule is CCOc1ccc(CC(=O)NC(C)c2cc(OC)ccc2OC)cc1. The lowest BCUT2D eigenvalue weighted by Gasteiger charge is -2.18. The molecule has 0 aliphatic rings. The molecule has 1 atom stereocenters. The molecule has 0 heterocycles. The molecular formula is C20H25NO4. The Balaban J connectivity index is 2.02. The van der Waals surface area contributed by atoms with Crippen LogP contribution in [-0.4, -0.2) is 26.7 Å². The van der Waals surface area contributed by atoms with E-state index in [9.17, 15) is 4.79 Å². The van der Waals surface area contributed by atoms with Gasteiger partial charge in [0, 0.05) is 5.56 Å². The lowest BCUT2D eigenvalue weighted by molar-refractivity contribution is -0.121. The molecule has 2 rings (SSSR count). The highest BCUT2D eigenvalue weighted by Gasteiger charge is 2.15. The quantitative estimate of drug-likeness (QED) is 0.797. The van der Waals surface area contributed by atoms with Crippen LogP contribution < -0.4 is 19.5 Å². The number of ether oxygens (including phenoxy) is 3. The third-order valence-corrected chi connectivity index (χ3v) is 3.88. The van der Waals surface area contributed by atoms with E-state index in [1.54, 1.807) is 14.2 Å². The highest BCUT2D eigenvalue weighted by molar-refractivity contribution is 5.79. The summed E-state index contributed by atoms with van der Waals surface area (Å²) in [6, 6.07) is 12.9. The number of hydrogen-bond acceptors (Lipinski definition) is 4. The second kappa shape index (κ2) is 8.97. The molecule has 0 aliphatic carbocycles. The van der Waals surface area contributed by atoms with Crippen LogP contribution in [0.4, 0.5) is 0 Å². The normalized spacial score (nSPS) is 11.5. The third kappa shape index (κ3) is 5.14. The fourth-order valence-electron chi connectivity index (χ4n) is 2.60. The first kappa shape index (κ1) is 18.6. The Morgan fingerprint density at radius 3 is 2.32 bits per heavy atom. The predicted octanol–water partition coefficient (Wildman–Crippen LogP) is 3.52. The number of benzene rings is 2. The molecule has 0 fully saturated rings. The van der Waals surface area contributed by atoms with E-state index < -0.39 is 0 Å². The summed E-state index contributed by atoms with van der Waals surface area (Å²) < 4.78 is 16.0. The van der Waals surface area contributed by atoms with E-state index >= 15 is 0 Å². The van der Waals surface area contributed by atoms with Crippen LogP contribution in [0, 0.1) is 0 Å². The van der Waals surface area contributed by atoms with Gasteiger partial charge in [0.1, 0.15) is 17.2 Å². The average molecular weight is 343 g/mol. The maximum absolute atomic E-state index is 12.3. The monoisotopic (exact) mass is 343 g/mol. The van der Waals surface area contributed by atoms with E-state index in [1.807, 2.05) is 56.3 Å². The number of hydrogen-bond donors (Lipinski definition) is 1. The van der Waals surface area contributed by atoms with Crippen LogP contribution >= 0.6 is 0 Å². The summed E-state index contributed by atoms with van der Waals surface area (Å²) in [7, 11) is 3.22. The van der Waals surface area contributed by atoms with E-state index in [1.165, 1.54) is 0 Å². The Bertz CT molecular complexity index is 697. The van der Waals surface area contributed by atoms with Gasteiger partial charge in [-0.05, 0) is 49.7 Å². The number of carbonyl (C=O) groups excluding carboxylic acids is 1. The molecule has 0 bridgehead atoms. The molecule has 0 radical (unpaired) electrons. The minimum absolute atomic E-state index is 0.0541. The topological polar surface area (TPSA) is 56.8 Å². The van der Waals surface area contributed by atoms with Crippen LogP contribution in [0.25, 0.3) is 0 Å². The zero-order valence-electron chi connectivity index (χ0n) is 15.2. The molecule has 2 aromatic carbocycles. The number of methoxy groups -OCH3 is 2. The Morgan fingerprint density at radius 2 is 1.72 bits per heavy atom. The summed E-state index contributed by atoms with van der Waals surface area (Å²) in [5, 5.41) is 3.00. The van der Waals surface area contributed by atoms with Crippen molar-refractivity contribution in [3.63, 3.8) is 0 Å². The van der Waals surface area contributed by atoms with Crippen molar-refractivity contribution in [3.05, 3.63) is 53.6 Å². The van der Waals surface area contributed by atoms with Crippen molar-refractivity contribution in [3.8, 4) is 17.2 Å². The van der Waals surface area contributed by atoms with Gasteiger partial charge in [0.2, 0.25) is 5.91 Å².